The van der Waals surface area contributed by atoms with E-state index in [1.54, 1.807) is 25.1 Å². The van der Waals surface area contributed by atoms with E-state index in [0.717, 1.165) is 43.4 Å². The Morgan fingerprint density at radius 1 is 0.850 bits per heavy atom. The fourth-order valence-corrected chi connectivity index (χ4v) is 4.96. The quantitative estimate of drug-likeness (QED) is 0.234. The van der Waals surface area contributed by atoms with Crippen LogP contribution in [0.5, 0.6) is 23.3 Å². The number of H-pyrrole nitrogens is 1. The molecule has 0 spiro atoms. The molecule has 6 rings (SSSR count). The maximum Gasteiger partial charge on any atom is 0.336 e. The highest BCUT2D eigenvalue weighted by atomic mass is 35.5. The molecule has 0 aliphatic carbocycles. The first-order valence-electron chi connectivity index (χ1n) is 12.8. The summed E-state index contributed by atoms with van der Waals surface area (Å²) >= 11 is 6.63. The second kappa shape index (κ2) is 10.8. The minimum atomic E-state index is -1.01. The fraction of sp³-hybridized carbons (Fsp3) is 0.167. The molecule has 2 N–H and O–H groups in total. The Kier molecular flexibility index (Phi) is 6.88. The van der Waals surface area contributed by atoms with Crippen molar-refractivity contribution in [3.8, 4) is 23.3 Å². The molecule has 3 aromatic carbocycles. The highest BCUT2D eigenvalue weighted by Gasteiger charge is 2.22. The SMILES string of the molecule is Cc1ccc(Oc2nc3nc(N4CCN(c5ccc(Oc6ccccc6)cc5)CC4)c(Cl)cc3[nH]2)cc1C(=O)O. The summed E-state index contributed by atoms with van der Waals surface area (Å²) in [6, 6.07) is 24.7. The van der Waals surface area contributed by atoms with Crippen LogP contribution in [0.4, 0.5) is 11.5 Å². The Hall–Kier alpha value is -4.76. The van der Waals surface area contributed by atoms with Gasteiger partial charge in [0.2, 0.25) is 0 Å². The number of rotatable bonds is 7. The molecule has 10 heteroatoms. The summed E-state index contributed by atoms with van der Waals surface area (Å²) < 4.78 is 11.7. The van der Waals surface area contributed by atoms with Crippen LogP contribution in [0, 0.1) is 6.92 Å². The molecule has 0 bridgehead atoms. The number of imidazole rings is 1. The molecule has 1 aliphatic heterocycles. The number of hydrogen-bond acceptors (Lipinski definition) is 7. The third-order valence-electron chi connectivity index (χ3n) is 6.80. The summed E-state index contributed by atoms with van der Waals surface area (Å²) in [4.78, 5) is 28.2. The number of anilines is 2. The minimum Gasteiger partial charge on any atom is -0.478 e. The number of aromatic amines is 1. The van der Waals surface area contributed by atoms with Gasteiger partial charge >= 0.3 is 12.0 Å². The van der Waals surface area contributed by atoms with E-state index < -0.39 is 5.97 Å². The third kappa shape index (κ3) is 5.37. The van der Waals surface area contributed by atoms with Crippen molar-refractivity contribution in [1.82, 2.24) is 15.0 Å². The van der Waals surface area contributed by atoms with Crippen molar-refractivity contribution in [1.29, 1.82) is 0 Å². The lowest BCUT2D eigenvalue weighted by molar-refractivity contribution is 0.0695. The average molecular weight is 556 g/mol. The molecule has 202 valence electrons. The predicted octanol–water partition coefficient (Wildman–Crippen LogP) is 6.53. The Bertz CT molecular complexity index is 1670. The Balaban J connectivity index is 1.12. The molecule has 3 heterocycles. The van der Waals surface area contributed by atoms with Crippen molar-refractivity contribution >= 4 is 40.2 Å². The van der Waals surface area contributed by atoms with Crippen LogP contribution < -0.4 is 19.3 Å². The van der Waals surface area contributed by atoms with Crippen molar-refractivity contribution < 1.29 is 19.4 Å². The van der Waals surface area contributed by atoms with Gasteiger partial charge in [0.25, 0.3) is 0 Å². The minimum absolute atomic E-state index is 0.174. The molecule has 9 nitrogen and oxygen atoms in total. The van der Waals surface area contributed by atoms with Gasteiger partial charge < -0.3 is 29.4 Å². The lowest BCUT2D eigenvalue weighted by Crippen LogP contribution is -2.47. The van der Waals surface area contributed by atoms with Crippen molar-refractivity contribution in [3.63, 3.8) is 0 Å². The summed E-state index contributed by atoms with van der Waals surface area (Å²) in [6.07, 6.45) is 0. The van der Waals surface area contributed by atoms with Crippen LogP contribution in [0.25, 0.3) is 11.2 Å². The monoisotopic (exact) mass is 555 g/mol. The van der Waals surface area contributed by atoms with E-state index in [-0.39, 0.29) is 11.6 Å². The van der Waals surface area contributed by atoms with Crippen LogP contribution in [-0.4, -0.2) is 52.2 Å². The Morgan fingerprint density at radius 2 is 1.52 bits per heavy atom. The topological polar surface area (TPSA) is 104 Å². The fourth-order valence-electron chi connectivity index (χ4n) is 4.69. The summed E-state index contributed by atoms with van der Waals surface area (Å²) in [5.74, 6) is 1.62. The molecule has 1 fully saturated rings. The standard InChI is InChI=1S/C30H26ClN5O4/c1-19-7-10-23(17-24(19)29(37)38)40-30-32-26-18-25(31)28(33-27(26)34-30)36-15-13-35(14-16-36)20-8-11-22(12-9-20)39-21-5-3-2-4-6-21/h2-12,17-18H,13-16H2,1H3,(H,37,38)(H,32,33,34). The van der Waals surface area contributed by atoms with Crippen LogP contribution in [-0.2, 0) is 0 Å². The number of aromatic carboxylic acids is 1. The second-order valence-electron chi connectivity index (χ2n) is 9.47. The number of piperazine rings is 1. The number of ether oxygens (including phenoxy) is 2. The van der Waals surface area contributed by atoms with E-state index in [9.17, 15) is 9.90 Å². The molecule has 0 saturated carbocycles. The highest BCUT2D eigenvalue weighted by Crippen LogP contribution is 2.31. The first-order chi connectivity index (χ1) is 19.4. The molecule has 1 saturated heterocycles. The second-order valence-corrected chi connectivity index (χ2v) is 9.88. The zero-order valence-electron chi connectivity index (χ0n) is 21.7. The molecule has 0 radical (unpaired) electrons. The van der Waals surface area contributed by atoms with Gasteiger partial charge in [0.15, 0.2) is 5.65 Å². The summed E-state index contributed by atoms with van der Waals surface area (Å²) in [6.45, 7) is 4.84. The number of carboxylic acid groups (broad SMARTS) is 1. The molecular weight excluding hydrogens is 530 g/mol. The molecule has 5 aromatic rings. The molecular formula is C30H26ClN5O4. The number of halogens is 1. The summed E-state index contributed by atoms with van der Waals surface area (Å²) in [5.41, 5.74) is 3.05. The molecule has 40 heavy (non-hydrogen) atoms. The van der Waals surface area contributed by atoms with Crippen molar-refractivity contribution in [2.75, 3.05) is 36.0 Å². The highest BCUT2D eigenvalue weighted by molar-refractivity contribution is 6.33. The molecule has 2 aromatic heterocycles. The van der Waals surface area contributed by atoms with Gasteiger partial charge in [-0.25, -0.2) is 9.78 Å². The van der Waals surface area contributed by atoms with Gasteiger partial charge in [-0.2, -0.15) is 4.98 Å². The lowest BCUT2D eigenvalue weighted by Gasteiger charge is -2.37. The number of pyridine rings is 1. The van der Waals surface area contributed by atoms with E-state index in [1.165, 1.54) is 6.07 Å². The number of carboxylic acids is 1. The zero-order valence-corrected chi connectivity index (χ0v) is 22.4. The van der Waals surface area contributed by atoms with E-state index >= 15 is 0 Å². The van der Waals surface area contributed by atoms with Crippen LogP contribution in [0.1, 0.15) is 15.9 Å². The number of nitrogens with zero attached hydrogens (tertiary/aromatic N) is 4. The Morgan fingerprint density at radius 3 is 2.25 bits per heavy atom. The predicted molar refractivity (Wildman–Crippen MR) is 154 cm³/mol. The lowest BCUT2D eigenvalue weighted by atomic mass is 10.1. The number of carbonyl (C=O) groups is 1. The van der Waals surface area contributed by atoms with E-state index in [1.807, 2.05) is 42.5 Å². The Labute approximate surface area is 235 Å². The number of fused-ring (bicyclic) bond motifs is 1. The normalized spacial score (nSPS) is 13.4. The number of aromatic nitrogens is 3. The molecule has 0 atom stereocenters. The van der Waals surface area contributed by atoms with Gasteiger partial charge in [0.1, 0.15) is 23.1 Å². The first-order valence-corrected chi connectivity index (χ1v) is 13.2. The smallest absolute Gasteiger partial charge is 0.336 e. The summed E-state index contributed by atoms with van der Waals surface area (Å²) in [7, 11) is 0. The number of aryl methyl sites for hydroxylation is 1. The first kappa shape index (κ1) is 25.5. The molecule has 1 aliphatic rings. The van der Waals surface area contributed by atoms with Crippen LogP contribution in [0.3, 0.4) is 0 Å². The maximum atomic E-state index is 11.5. The third-order valence-corrected chi connectivity index (χ3v) is 7.08. The van der Waals surface area contributed by atoms with Crippen molar-refractivity contribution in [3.05, 3.63) is 95.0 Å². The summed E-state index contributed by atoms with van der Waals surface area (Å²) in [5, 5.41) is 9.90. The molecule has 0 unspecified atom stereocenters. The number of benzene rings is 3. The zero-order chi connectivity index (χ0) is 27.6. The molecule has 0 amide bonds. The number of hydrogen-bond donors (Lipinski definition) is 2. The van der Waals surface area contributed by atoms with Crippen LogP contribution >= 0.6 is 11.6 Å². The van der Waals surface area contributed by atoms with Gasteiger partial charge in [-0.15, -0.1) is 0 Å². The van der Waals surface area contributed by atoms with Gasteiger partial charge in [0.05, 0.1) is 16.1 Å². The van der Waals surface area contributed by atoms with Crippen LogP contribution in [0.2, 0.25) is 5.02 Å². The average Bonchev–Trinajstić information content (AvgIpc) is 3.35. The van der Waals surface area contributed by atoms with E-state index in [2.05, 4.69) is 31.9 Å². The largest absolute Gasteiger partial charge is 0.478 e. The van der Waals surface area contributed by atoms with Gasteiger partial charge in [0, 0.05) is 31.9 Å². The maximum absolute atomic E-state index is 11.5. The van der Waals surface area contributed by atoms with Gasteiger partial charge in [-0.05, 0) is 67.1 Å². The van der Waals surface area contributed by atoms with Crippen molar-refractivity contribution in [2.45, 2.75) is 6.92 Å². The van der Waals surface area contributed by atoms with E-state index in [4.69, 9.17) is 26.1 Å². The number of nitrogens with one attached hydrogen (secondary N) is 1. The van der Waals surface area contributed by atoms with Gasteiger partial charge in [-0.1, -0.05) is 35.9 Å². The van der Waals surface area contributed by atoms with Crippen molar-refractivity contribution in [2.24, 2.45) is 0 Å². The number of para-hydroxylation sites is 1. The van der Waals surface area contributed by atoms with Gasteiger partial charge in [-0.3, -0.25) is 0 Å². The van der Waals surface area contributed by atoms with E-state index in [0.29, 0.717) is 33.3 Å². The van der Waals surface area contributed by atoms with Crippen LogP contribution in [0.15, 0.2) is 78.9 Å².